The highest BCUT2D eigenvalue weighted by Gasteiger charge is 2.17. The van der Waals surface area contributed by atoms with Gasteiger partial charge in [0.1, 0.15) is 11.7 Å². The molecule has 2 aromatic rings. The van der Waals surface area contributed by atoms with Crippen LogP contribution in [0.3, 0.4) is 0 Å². The van der Waals surface area contributed by atoms with Crippen molar-refractivity contribution in [3.8, 4) is 5.88 Å². The van der Waals surface area contributed by atoms with E-state index >= 15 is 0 Å². The molecule has 1 atom stereocenters. The summed E-state index contributed by atoms with van der Waals surface area (Å²) in [6.07, 6.45) is 4.76. The number of hydrogen-bond acceptors (Lipinski definition) is 5. The van der Waals surface area contributed by atoms with E-state index in [0.29, 0.717) is 12.1 Å². The molecule has 0 aromatic carbocycles. The maximum Gasteiger partial charge on any atom is 0.343 e. The van der Waals surface area contributed by atoms with Gasteiger partial charge in [0.25, 0.3) is 0 Å². The summed E-state index contributed by atoms with van der Waals surface area (Å²) in [5.74, 6) is -0.191. The zero-order valence-electron chi connectivity index (χ0n) is 10.8. The van der Waals surface area contributed by atoms with Crippen LogP contribution in [-0.2, 0) is 11.3 Å². The monoisotopic (exact) mass is 261 g/mol. The number of carbonyl (C=O) groups is 1. The smallest absolute Gasteiger partial charge is 0.343 e. The lowest BCUT2D eigenvalue weighted by Crippen LogP contribution is -2.21. The molecular weight excluding hydrogens is 246 g/mol. The fourth-order valence-corrected chi connectivity index (χ4v) is 1.66. The molecule has 0 saturated carbocycles. The Bertz CT molecular complexity index is 540. The predicted octanol–water partition coefficient (Wildman–Crippen LogP) is 1.53. The van der Waals surface area contributed by atoms with Crippen LogP contribution in [0.25, 0.3) is 0 Å². The van der Waals surface area contributed by atoms with E-state index in [2.05, 4.69) is 10.1 Å². The summed E-state index contributed by atoms with van der Waals surface area (Å²) in [7, 11) is 1.46. The van der Waals surface area contributed by atoms with Gasteiger partial charge in [-0.05, 0) is 25.1 Å². The van der Waals surface area contributed by atoms with Crippen molar-refractivity contribution in [2.75, 3.05) is 7.11 Å². The van der Waals surface area contributed by atoms with Crippen molar-refractivity contribution >= 4 is 5.97 Å². The van der Waals surface area contributed by atoms with Crippen molar-refractivity contribution in [2.45, 2.75) is 19.6 Å². The van der Waals surface area contributed by atoms with E-state index in [9.17, 15) is 4.79 Å². The largest absolute Gasteiger partial charge is 0.480 e. The second-order valence-corrected chi connectivity index (χ2v) is 4.00. The Labute approximate surface area is 111 Å². The van der Waals surface area contributed by atoms with Crippen molar-refractivity contribution in [2.24, 2.45) is 0 Å². The van der Waals surface area contributed by atoms with Gasteiger partial charge in [-0.3, -0.25) is 4.68 Å². The van der Waals surface area contributed by atoms with E-state index in [-0.39, 0.29) is 12.0 Å². The molecular formula is C13H15N3O3. The summed E-state index contributed by atoms with van der Waals surface area (Å²) < 4.78 is 12.1. The summed E-state index contributed by atoms with van der Waals surface area (Å²) in [5, 5.41) is 4.06. The number of hydrogen-bond donors (Lipinski definition) is 0. The highest BCUT2D eigenvalue weighted by atomic mass is 16.5. The highest BCUT2D eigenvalue weighted by molar-refractivity contribution is 5.91. The predicted molar refractivity (Wildman–Crippen MR) is 67.9 cm³/mol. The molecule has 100 valence electrons. The van der Waals surface area contributed by atoms with E-state index in [1.165, 1.54) is 7.11 Å². The van der Waals surface area contributed by atoms with E-state index in [0.717, 1.165) is 0 Å². The van der Waals surface area contributed by atoms with E-state index in [1.54, 1.807) is 29.2 Å². The number of rotatable bonds is 5. The molecule has 2 heterocycles. The van der Waals surface area contributed by atoms with Crippen LogP contribution >= 0.6 is 0 Å². The number of aromatic nitrogens is 3. The van der Waals surface area contributed by atoms with Gasteiger partial charge < -0.3 is 9.47 Å². The second-order valence-electron chi connectivity index (χ2n) is 4.00. The van der Waals surface area contributed by atoms with Crippen molar-refractivity contribution in [3.63, 3.8) is 0 Å². The van der Waals surface area contributed by atoms with E-state index < -0.39 is 5.97 Å². The van der Waals surface area contributed by atoms with Crippen LogP contribution in [0.15, 0.2) is 36.8 Å². The van der Waals surface area contributed by atoms with Gasteiger partial charge in [0.2, 0.25) is 5.88 Å². The minimum Gasteiger partial charge on any atom is -0.480 e. The first kappa shape index (κ1) is 13.1. The lowest BCUT2D eigenvalue weighted by Gasteiger charge is -2.14. The molecule has 0 amide bonds. The first-order valence-corrected chi connectivity index (χ1v) is 5.88. The first-order chi connectivity index (χ1) is 9.20. The molecule has 0 aliphatic heterocycles. The molecule has 2 rings (SSSR count). The standard InChI is InChI=1S/C13H15N3O3/c1-10(9-16-8-4-7-15-16)19-13(17)11-5-3-6-14-12(11)18-2/h3-8,10H,9H2,1-2H3. The van der Waals surface area contributed by atoms with Crippen LogP contribution in [0.2, 0.25) is 0 Å². The number of nitrogens with zero attached hydrogens (tertiary/aromatic N) is 3. The third kappa shape index (κ3) is 3.31. The summed E-state index contributed by atoms with van der Waals surface area (Å²) in [5.41, 5.74) is 0.317. The molecule has 6 nitrogen and oxygen atoms in total. The number of pyridine rings is 1. The summed E-state index contributed by atoms with van der Waals surface area (Å²) in [6, 6.07) is 5.10. The quantitative estimate of drug-likeness (QED) is 0.764. The Morgan fingerprint density at radius 2 is 2.26 bits per heavy atom. The highest BCUT2D eigenvalue weighted by Crippen LogP contribution is 2.15. The van der Waals surface area contributed by atoms with Crippen LogP contribution in [0.5, 0.6) is 5.88 Å². The van der Waals surface area contributed by atoms with Crippen molar-refractivity contribution in [3.05, 3.63) is 42.4 Å². The van der Waals surface area contributed by atoms with E-state index in [4.69, 9.17) is 9.47 Å². The molecule has 0 saturated heterocycles. The van der Waals surface area contributed by atoms with Crippen LogP contribution in [0, 0.1) is 0 Å². The Morgan fingerprint density at radius 1 is 1.42 bits per heavy atom. The molecule has 0 spiro atoms. The number of esters is 1. The Kier molecular flexibility index (Phi) is 4.12. The van der Waals surface area contributed by atoms with Crippen LogP contribution < -0.4 is 4.74 Å². The maximum atomic E-state index is 12.0. The van der Waals surface area contributed by atoms with Gasteiger partial charge in [-0.1, -0.05) is 0 Å². The van der Waals surface area contributed by atoms with Gasteiger partial charge in [-0.15, -0.1) is 0 Å². The summed E-state index contributed by atoms with van der Waals surface area (Å²) >= 11 is 0. The van der Waals surface area contributed by atoms with Crippen molar-refractivity contribution < 1.29 is 14.3 Å². The number of carbonyl (C=O) groups excluding carboxylic acids is 1. The zero-order chi connectivity index (χ0) is 13.7. The summed E-state index contributed by atoms with van der Waals surface area (Å²) in [6.45, 7) is 2.31. The van der Waals surface area contributed by atoms with Gasteiger partial charge in [0.15, 0.2) is 0 Å². The molecule has 0 aliphatic carbocycles. The number of ether oxygens (including phenoxy) is 2. The van der Waals surface area contributed by atoms with Gasteiger partial charge in [0, 0.05) is 18.6 Å². The average Bonchev–Trinajstić information content (AvgIpc) is 2.91. The fraction of sp³-hybridized carbons (Fsp3) is 0.308. The SMILES string of the molecule is COc1ncccc1C(=O)OC(C)Cn1cccn1. The molecule has 0 N–H and O–H groups in total. The minimum absolute atomic E-state index is 0.263. The molecule has 6 heteroatoms. The first-order valence-electron chi connectivity index (χ1n) is 5.88. The molecule has 19 heavy (non-hydrogen) atoms. The Hall–Kier alpha value is -2.37. The molecule has 2 aromatic heterocycles. The molecule has 0 bridgehead atoms. The van der Waals surface area contributed by atoms with Crippen LogP contribution in [-0.4, -0.2) is 33.9 Å². The van der Waals surface area contributed by atoms with Crippen LogP contribution in [0.4, 0.5) is 0 Å². The molecule has 0 fully saturated rings. The van der Waals surface area contributed by atoms with Crippen molar-refractivity contribution in [1.82, 2.24) is 14.8 Å². The van der Waals surface area contributed by atoms with E-state index in [1.807, 2.05) is 19.2 Å². The van der Waals surface area contributed by atoms with Gasteiger partial charge in [0.05, 0.1) is 13.7 Å². The third-order valence-electron chi connectivity index (χ3n) is 2.50. The topological polar surface area (TPSA) is 66.2 Å². The lowest BCUT2D eigenvalue weighted by molar-refractivity contribution is 0.0294. The molecule has 0 aliphatic rings. The Balaban J connectivity index is 2.00. The normalized spacial score (nSPS) is 11.9. The second kappa shape index (κ2) is 5.99. The number of methoxy groups -OCH3 is 1. The minimum atomic E-state index is -0.454. The zero-order valence-corrected chi connectivity index (χ0v) is 10.8. The van der Waals surface area contributed by atoms with Crippen molar-refractivity contribution in [1.29, 1.82) is 0 Å². The van der Waals surface area contributed by atoms with Gasteiger partial charge in [-0.25, -0.2) is 9.78 Å². The average molecular weight is 261 g/mol. The summed E-state index contributed by atoms with van der Waals surface area (Å²) in [4.78, 5) is 16.0. The van der Waals surface area contributed by atoms with Gasteiger partial charge >= 0.3 is 5.97 Å². The fourth-order valence-electron chi connectivity index (χ4n) is 1.66. The lowest BCUT2D eigenvalue weighted by atomic mass is 10.2. The molecule has 1 unspecified atom stereocenters. The van der Waals surface area contributed by atoms with Gasteiger partial charge in [-0.2, -0.15) is 5.10 Å². The maximum absolute atomic E-state index is 12.0. The molecule has 0 radical (unpaired) electrons. The third-order valence-corrected chi connectivity index (χ3v) is 2.50. The Morgan fingerprint density at radius 3 is 2.95 bits per heavy atom. The van der Waals surface area contributed by atoms with Crippen LogP contribution in [0.1, 0.15) is 17.3 Å².